The Morgan fingerprint density at radius 3 is 2.93 bits per heavy atom. The van der Waals surface area contributed by atoms with Crippen LogP contribution in [0.3, 0.4) is 0 Å². The smallest absolute Gasteiger partial charge is 0.317 e. The van der Waals surface area contributed by atoms with Gasteiger partial charge in [-0.15, -0.1) is 0 Å². The van der Waals surface area contributed by atoms with Crippen LogP contribution in [0.15, 0.2) is 0 Å². The van der Waals surface area contributed by atoms with Crippen LogP contribution in [0.25, 0.3) is 0 Å². The van der Waals surface area contributed by atoms with Crippen LogP contribution < -0.4 is 5.32 Å². The van der Waals surface area contributed by atoms with Gasteiger partial charge in [0.15, 0.2) is 0 Å². The standard InChI is InChI=1S/C9H18N2O3/c1-10-9(13)11-5-8(6-11)7-14-4-2-3-12/h8,12H,2-7H2,1H3,(H,10,13). The molecule has 5 nitrogen and oxygen atoms in total. The molecule has 1 aliphatic heterocycles. The topological polar surface area (TPSA) is 61.8 Å². The fourth-order valence-corrected chi connectivity index (χ4v) is 1.42. The molecule has 0 aromatic rings. The molecule has 2 N–H and O–H groups in total. The summed E-state index contributed by atoms with van der Waals surface area (Å²) in [5, 5.41) is 11.1. The highest BCUT2D eigenvalue weighted by molar-refractivity contribution is 5.74. The van der Waals surface area contributed by atoms with E-state index in [-0.39, 0.29) is 12.6 Å². The summed E-state index contributed by atoms with van der Waals surface area (Å²) >= 11 is 0. The highest BCUT2D eigenvalue weighted by Crippen LogP contribution is 2.15. The minimum absolute atomic E-state index is 0.0170. The summed E-state index contributed by atoms with van der Waals surface area (Å²) in [6.07, 6.45) is 0.686. The summed E-state index contributed by atoms with van der Waals surface area (Å²) < 4.78 is 5.32. The van der Waals surface area contributed by atoms with Crippen molar-refractivity contribution in [2.75, 3.05) is 40.0 Å². The van der Waals surface area contributed by atoms with Crippen LogP contribution in [-0.4, -0.2) is 56.0 Å². The average Bonchev–Trinajstić information content (AvgIpc) is 2.14. The molecule has 0 aliphatic carbocycles. The van der Waals surface area contributed by atoms with E-state index in [1.165, 1.54) is 0 Å². The maximum absolute atomic E-state index is 11.1. The number of carbonyl (C=O) groups excluding carboxylic acids is 1. The summed E-state index contributed by atoms with van der Waals surface area (Å²) in [5.74, 6) is 0.464. The van der Waals surface area contributed by atoms with Crippen molar-refractivity contribution in [2.24, 2.45) is 5.92 Å². The van der Waals surface area contributed by atoms with Gasteiger partial charge in [-0.3, -0.25) is 0 Å². The Morgan fingerprint density at radius 1 is 1.64 bits per heavy atom. The van der Waals surface area contributed by atoms with Crippen molar-refractivity contribution < 1.29 is 14.6 Å². The third kappa shape index (κ3) is 3.16. The number of likely N-dealkylation sites (tertiary alicyclic amines) is 1. The van der Waals surface area contributed by atoms with Crippen LogP contribution in [0.2, 0.25) is 0 Å². The van der Waals surface area contributed by atoms with Crippen LogP contribution in [0, 0.1) is 5.92 Å². The lowest BCUT2D eigenvalue weighted by Gasteiger charge is -2.38. The first kappa shape index (κ1) is 11.3. The molecule has 5 heteroatoms. The normalized spacial score (nSPS) is 16.6. The summed E-state index contributed by atoms with van der Waals surface area (Å²) in [6.45, 7) is 3.02. The molecule has 1 aliphatic rings. The molecule has 82 valence electrons. The molecule has 1 heterocycles. The largest absolute Gasteiger partial charge is 0.396 e. The minimum atomic E-state index is -0.0170. The predicted molar refractivity (Wildman–Crippen MR) is 52.0 cm³/mol. The van der Waals surface area contributed by atoms with Gasteiger partial charge in [-0.2, -0.15) is 0 Å². The summed E-state index contributed by atoms with van der Waals surface area (Å²) in [6, 6.07) is -0.0170. The van der Waals surface area contributed by atoms with Crippen LogP contribution >= 0.6 is 0 Å². The number of carbonyl (C=O) groups is 1. The first-order valence-electron chi connectivity index (χ1n) is 4.93. The van der Waals surface area contributed by atoms with E-state index in [1.807, 2.05) is 0 Å². The highest BCUT2D eigenvalue weighted by atomic mass is 16.5. The molecular formula is C9H18N2O3. The van der Waals surface area contributed by atoms with E-state index in [0.29, 0.717) is 25.6 Å². The number of amides is 2. The molecular weight excluding hydrogens is 184 g/mol. The Bertz CT molecular complexity index is 181. The molecule has 0 atom stereocenters. The van der Waals surface area contributed by atoms with E-state index in [1.54, 1.807) is 11.9 Å². The quantitative estimate of drug-likeness (QED) is 0.599. The average molecular weight is 202 g/mol. The van der Waals surface area contributed by atoms with E-state index in [0.717, 1.165) is 13.1 Å². The molecule has 2 amide bonds. The number of urea groups is 1. The number of nitrogens with zero attached hydrogens (tertiary/aromatic N) is 1. The van der Waals surface area contributed by atoms with Crippen LogP contribution in [0.1, 0.15) is 6.42 Å². The van der Waals surface area contributed by atoms with Crippen molar-refractivity contribution in [3.63, 3.8) is 0 Å². The predicted octanol–water partition coefficient (Wildman–Crippen LogP) is -0.343. The van der Waals surface area contributed by atoms with Crippen molar-refractivity contribution in [3.05, 3.63) is 0 Å². The molecule has 1 fully saturated rings. The third-order valence-corrected chi connectivity index (χ3v) is 2.26. The number of hydrogen-bond donors (Lipinski definition) is 2. The number of aliphatic hydroxyl groups excluding tert-OH is 1. The van der Waals surface area contributed by atoms with E-state index in [2.05, 4.69) is 5.32 Å². The van der Waals surface area contributed by atoms with Crippen LogP contribution in [0.4, 0.5) is 4.79 Å². The number of nitrogens with one attached hydrogen (secondary N) is 1. The Hall–Kier alpha value is -0.810. The lowest BCUT2D eigenvalue weighted by Crippen LogP contribution is -2.54. The highest BCUT2D eigenvalue weighted by Gasteiger charge is 2.29. The molecule has 0 radical (unpaired) electrons. The Kier molecular flexibility index (Phi) is 4.69. The molecule has 0 spiro atoms. The van der Waals surface area contributed by atoms with Crippen LogP contribution in [-0.2, 0) is 4.74 Å². The number of rotatable bonds is 5. The number of aliphatic hydroxyl groups is 1. The maximum Gasteiger partial charge on any atom is 0.317 e. The van der Waals surface area contributed by atoms with Gasteiger partial charge in [0.1, 0.15) is 0 Å². The van der Waals surface area contributed by atoms with Gasteiger partial charge in [-0.05, 0) is 6.42 Å². The first-order chi connectivity index (χ1) is 6.77. The van der Waals surface area contributed by atoms with Crippen molar-refractivity contribution >= 4 is 6.03 Å². The second kappa shape index (κ2) is 5.82. The summed E-state index contributed by atoms with van der Waals surface area (Å²) in [4.78, 5) is 12.8. The lowest BCUT2D eigenvalue weighted by atomic mass is 10.0. The molecule has 1 rings (SSSR count). The lowest BCUT2D eigenvalue weighted by molar-refractivity contribution is 0.0284. The Labute approximate surface area is 84.0 Å². The van der Waals surface area contributed by atoms with Crippen molar-refractivity contribution in [3.8, 4) is 0 Å². The second-order valence-electron chi connectivity index (χ2n) is 3.48. The zero-order valence-electron chi connectivity index (χ0n) is 8.53. The zero-order valence-corrected chi connectivity index (χ0v) is 8.53. The van der Waals surface area contributed by atoms with Crippen molar-refractivity contribution in [1.82, 2.24) is 10.2 Å². The van der Waals surface area contributed by atoms with Gasteiger partial charge < -0.3 is 20.1 Å². The van der Waals surface area contributed by atoms with Gasteiger partial charge in [-0.1, -0.05) is 0 Å². The van der Waals surface area contributed by atoms with Gasteiger partial charge in [-0.25, -0.2) is 4.79 Å². The fourth-order valence-electron chi connectivity index (χ4n) is 1.42. The van der Waals surface area contributed by atoms with E-state index < -0.39 is 0 Å². The van der Waals surface area contributed by atoms with Gasteiger partial charge in [0.05, 0.1) is 6.61 Å². The third-order valence-electron chi connectivity index (χ3n) is 2.26. The van der Waals surface area contributed by atoms with Gasteiger partial charge in [0.2, 0.25) is 0 Å². The first-order valence-corrected chi connectivity index (χ1v) is 4.93. The maximum atomic E-state index is 11.1. The van der Waals surface area contributed by atoms with E-state index in [9.17, 15) is 4.79 Å². The molecule has 0 bridgehead atoms. The summed E-state index contributed by atoms with van der Waals surface area (Å²) in [5.41, 5.74) is 0. The number of ether oxygens (including phenoxy) is 1. The molecule has 0 aromatic carbocycles. The zero-order chi connectivity index (χ0) is 10.4. The molecule has 0 unspecified atom stereocenters. The Morgan fingerprint density at radius 2 is 2.36 bits per heavy atom. The van der Waals surface area contributed by atoms with Crippen LogP contribution in [0.5, 0.6) is 0 Å². The van der Waals surface area contributed by atoms with Gasteiger partial charge in [0.25, 0.3) is 0 Å². The van der Waals surface area contributed by atoms with E-state index in [4.69, 9.17) is 9.84 Å². The van der Waals surface area contributed by atoms with Gasteiger partial charge >= 0.3 is 6.03 Å². The van der Waals surface area contributed by atoms with Crippen molar-refractivity contribution in [1.29, 1.82) is 0 Å². The second-order valence-corrected chi connectivity index (χ2v) is 3.48. The molecule has 0 saturated carbocycles. The molecule has 1 saturated heterocycles. The SMILES string of the molecule is CNC(=O)N1CC(COCCCO)C1. The Balaban J connectivity index is 1.96. The summed E-state index contributed by atoms with van der Waals surface area (Å²) in [7, 11) is 1.63. The van der Waals surface area contributed by atoms with Crippen molar-refractivity contribution in [2.45, 2.75) is 6.42 Å². The number of hydrogen-bond acceptors (Lipinski definition) is 3. The van der Waals surface area contributed by atoms with Gasteiger partial charge in [0, 0.05) is 39.3 Å². The fraction of sp³-hybridized carbons (Fsp3) is 0.889. The minimum Gasteiger partial charge on any atom is -0.396 e. The molecule has 14 heavy (non-hydrogen) atoms. The van der Waals surface area contributed by atoms with E-state index >= 15 is 0 Å². The monoisotopic (exact) mass is 202 g/mol. The molecule has 0 aromatic heterocycles.